The van der Waals surface area contributed by atoms with Crippen LogP contribution in [-0.2, 0) is 17.8 Å². The van der Waals surface area contributed by atoms with E-state index in [0.29, 0.717) is 17.2 Å². The molecule has 33 heavy (non-hydrogen) atoms. The predicted octanol–water partition coefficient (Wildman–Crippen LogP) is 3.01. The smallest absolute Gasteiger partial charge is 0.352 e. The lowest BCUT2D eigenvalue weighted by Gasteiger charge is -2.13. The van der Waals surface area contributed by atoms with E-state index in [1.54, 1.807) is 20.1 Å². The summed E-state index contributed by atoms with van der Waals surface area (Å²) in [7, 11) is 1.61. The number of hydrogen-bond acceptors (Lipinski definition) is 5. The number of nitrogens with zero attached hydrogens (tertiary/aromatic N) is 4. The number of rotatable bonds is 8. The monoisotopic (exact) mass is 445 g/mol. The van der Waals surface area contributed by atoms with E-state index in [-0.39, 0.29) is 24.2 Å². The SMILES string of the molecule is COc1ccc(-c2cc3nn(CC(=O)NC(C)CCc4ccccc4)c(=O)n3c(C)n2)cc1. The molecular formula is C25H27N5O3. The number of ether oxygens (including phenoxy) is 1. The molecule has 0 saturated heterocycles. The van der Waals surface area contributed by atoms with Gasteiger partial charge in [0.25, 0.3) is 0 Å². The van der Waals surface area contributed by atoms with Gasteiger partial charge >= 0.3 is 5.69 Å². The molecule has 1 N–H and O–H groups in total. The van der Waals surface area contributed by atoms with Crippen LogP contribution >= 0.6 is 0 Å². The number of carbonyl (C=O) groups is 1. The van der Waals surface area contributed by atoms with Crippen molar-refractivity contribution in [1.29, 1.82) is 0 Å². The minimum absolute atomic E-state index is 0.0180. The Morgan fingerprint density at radius 1 is 1.12 bits per heavy atom. The zero-order chi connectivity index (χ0) is 23.4. The lowest BCUT2D eigenvalue weighted by Crippen LogP contribution is -2.38. The van der Waals surface area contributed by atoms with Crippen molar-refractivity contribution < 1.29 is 9.53 Å². The molecule has 0 saturated carbocycles. The van der Waals surface area contributed by atoms with Crippen molar-refractivity contribution in [1.82, 2.24) is 24.5 Å². The Labute approximate surface area is 191 Å². The Morgan fingerprint density at radius 2 is 1.85 bits per heavy atom. The molecule has 0 spiro atoms. The third-order valence-corrected chi connectivity index (χ3v) is 5.53. The van der Waals surface area contributed by atoms with Crippen molar-refractivity contribution in [2.24, 2.45) is 0 Å². The summed E-state index contributed by atoms with van der Waals surface area (Å²) in [6, 6.07) is 19.4. The maximum absolute atomic E-state index is 12.8. The van der Waals surface area contributed by atoms with E-state index in [4.69, 9.17) is 4.74 Å². The highest BCUT2D eigenvalue weighted by molar-refractivity contribution is 5.76. The number of amides is 1. The van der Waals surface area contributed by atoms with Crippen molar-refractivity contribution in [3.8, 4) is 17.0 Å². The molecule has 4 aromatic rings. The van der Waals surface area contributed by atoms with Crippen LogP contribution in [0, 0.1) is 6.92 Å². The highest BCUT2D eigenvalue weighted by atomic mass is 16.5. The zero-order valence-corrected chi connectivity index (χ0v) is 19.0. The van der Waals surface area contributed by atoms with Crippen molar-refractivity contribution in [2.45, 2.75) is 39.3 Å². The first-order valence-corrected chi connectivity index (χ1v) is 10.9. The third-order valence-electron chi connectivity index (χ3n) is 5.53. The molecule has 170 valence electrons. The second-order valence-electron chi connectivity index (χ2n) is 8.04. The molecule has 0 bridgehead atoms. The van der Waals surface area contributed by atoms with Gasteiger partial charge in [-0.15, -0.1) is 5.10 Å². The highest BCUT2D eigenvalue weighted by Crippen LogP contribution is 2.21. The van der Waals surface area contributed by atoms with Crippen LogP contribution in [0.2, 0.25) is 0 Å². The molecule has 0 aliphatic heterocycles. The van der Waals surface area contributed by atoms with Crippen LogP contribution in [0.5, 0.6) is 5.75 Å². The summed E-state index contributed by atoms with van der Waals surface area (Å²) in [6.45, 7) is 3.56. The van der Waals surface area contributed by atoms with E-state index < -0.39 is 0 Å². The molecule has 2 aromatic heterocycles. The first-order chi connectivity index (χ1) is 15.9. The number of benzene rings is 2. The molecule has 1 atom stereocenters. The average molecular weight is 446 g/mol. The summed E-state index contributed by atoms with van der Waals surface area (Å²) < 4.78 is 7.80. The summed E-state index contributed by atoms with van der Waals surface area (Å²) in [4.78, 5) is 29.9. The van der Waals surface area contributed by atoms with E-state index in [9.17, 15) is 9.59 Å². The van der Waals surface area contributed by atoms with E-state index in [0.717, 1.165) is 24.2 Å². The molecule has 2 heterocycles. The fourth-order valence-corrected chi connectivity index (χ4v) is 3.77. The van der Waals surface area contributed by atoms with Gasteiger partial charge in [0, 0.05) is 17.7 Å². The Kier molecular flexibility index (Phi) is 6.53. The maximum Gasteiger partial charge on any atom is 0.352 e. The Hall–Kier alpha value is -3.94. The number of fused-ring (bicyclic) bond motifs is 1. The molecule has 0 aliphatic carbocycles. The summed E-state index contributed by atoms with van der Waals surface area (Å²) in [5, 5.41) is 7.33. The van der Waals surface area contributed by atoms with Crippen LogP contribution in [0.25, 0.3) is 16.9 Å². The Bertz CT molecular complexity index is 1310. The van der Waals surface area contributed by atoms with Gasteiger partial charge in [0.1, 0.15) is 18.1 Å². The molecule has 4 rings (SSSR count). The van der Waals surface area contributed by atoms with Crippen LogP contribution in [0.4, 0.5) is 0 Å². The van der Waals surface area contributed by atoms with E-state index >= 15 is 0 Å². The number of methoxy groups -OCH3 is 1. The number of aryl methyl sites for hydroxylation is 2. The standard InChI is InChI=1S/C25H27N5O3/c1-17(9-10-19-7-5-4-6-8-19)26-24(31)16-29-25(32)30-18(2)27-22(15-23(30)28-29)20-11-13-21(33-3)14-12-20/h4-8,11-15,17H,9-10,16H2,1-3H3,(H,26,31). The minimum Gasteiger partial charge on any atom is -0.497 e. The van der Waals surface area contributed by atoms with Crippen LogP contribution in [-0.4, -0.2) is 38.2 Å². The highest BCUT2D eigenvalue weighted by Gasteiger charge is 2.16. The second-order valence-corrected chi connectivity index (χ2v) is 8.04. The van der Waals surface area contributed by atoms with Gasteiger partial charge in [0.05, 0.1) is 12.8 Å². The maximum atomic E-state index is 12.8. The van der Waals surface area contributed by atoms with E-state index in [1.165, 1.54) is 14.6 Å². The number of nitrogens with one attached hydrogen (secondary N) is 1. The molecular weight excluding hydrogens is 418 g/mol. The van der Waals surface area contributed by atoms with Gasteiger partial charge in [0.2, 0.25) is 5.91 Å². The van der Waals surface area contributed by atoms with Crippen molar-refractivity contribution in [3.63, 3.8) is 0 Å². The van der Waals surface area contributed by atoms with Gasteiger partial charge < -0.3 is 10.1 Å². The van der Waals surface area contributed by atoms with Gasteiger partial charge in [-0.3, -0.25) is 4.79 Å². The topological polar surface area (TPSA) is 90.5 Å². The van der Waals surface area contributed by atoms with Crippen LogP contribution < -0.4 is 15.7 Å². The van der Waals surface area contributed by atoms with Crippen molar-refractivity contribution in [2.75, 3.05) is 7.11 Å². The zero-order valence-electron chi connectivity index (χ0n) is 19.0. The minimum atomic E-state index is -0.386. The molecule has 2 aromatic carbocycles. The second kappa shape index (κ2) is 9.68. The lowest BCUT2D eigenvalue weighted by atomic mass is 10.1. The van der Waals surface area contributed by atoms with Crippen molar-refractivity contribution in [3.05, 3.63) is 82.5 Å². The van der Waals surface area contributed by atoms with Crippen LogP contribution in [0.15, 0.2) is 65.5 Å². The number of aromatic nitrogens is 4. The summed E-state index contributed by atoms with van der Waals surface area (Å²) in [5.41, 5.74) is 2.87. The molecule has 0 aliphatic rings. The predicted molar refractivity (Wildman–Crippen MR) is 126 cm³/mol. The fourth-order valence-electron chi connectivity index (χ4n) is 3.77. The normalized spacial score (nSPS) is 12.0. The molecule has 0 fully saturated rings. The van der Waals surface area contributed by atoms with E-state index in [2.05, 4.69) is 27.5 Å². The molecule has 8 nitrogen and oxygen atoms in total. The van der Waals surface area contributed by atoms with Gasteiger partial charge in [-0.05, 0) is 56.5 Å². The Balaban J connectivity index is 1.47. The fraction of sp³-hybridized carbons (Fsp3) is 0.280. The third kappa shape index (κ3) is 5.11. The molecule has 0 radical (unpaired) electrons. The first kappa shape index (κ1) is 22.3. The molecule has 8 heteroatoms. The number of hydrogen-bond donors (Lipinski definition) is 1. The molecule has 1 amide bonds. The van der Waals surface area contributed by atoms with Gasteiger partial charge in [-0.1, -0.05) is 30.3 Å². The van der Waals surface area contributed by atoms with Crippen molar-refractivity contribution >= 4 is 11.6 Å². The van der Waals surface area contributed by atoms with Gasteiger partial charge in [0.15, 0.2) is 5.65 Å². The quantitative estimate of drug-likeness (QED) is 0.450. The average Bonchev–Trinajstić information content (AvgIpc) is 3.13. The van der Waals surface area contributed by atoms with Gasteiger partial charge in [-0.2, -0.15) is 0 Å². The summed E-state index contributed by atoms with van der Waals surface area (Å²) in [6.07, 6.45) is 1.68. The largest absolute Gasteiger partial charge is 0.497 e. The Morgan fingerprint density at radius 3 is 2.55 bits per heavy atom. The lowest BCUT2D eigenvalue weighted by molar-refractivity contribution is -0.122. The van der Waals surface area contributed by atoms with E-state index in [1.807, 2.05) is 49.4 Å². The van der Waals surface area contributed by atoms with Gasteiger partial charge in [-0.25, -0.2) is 18.9 Å². The molecule has 1 unspecified atom stereocenters. The summed E-state index contributed by atoms with van der Waals surface area (Å²) in [5.74, 6) is 1.01. The summed E-state index contributed by atoms with van der Waals surface area (Å²) >= 11 is 0. The number of carbonyl (C=O) groups excluding carboxylic acids is 1. The van der Waals surface area contributed by atoms with Crippen LogP contribution in [0.1, 0.15) is 24.7 Å². The first-order valence-electron chi connectivity index (χ1n) is 10.9. The van der Waals surface area contributed by atoms with Crippen LogP contribution in [0.3, 0.4) is 0 Å².